The van der Waals surface area contributed by atoms with Crippen LogP contribution in [0.2, 0.25) is 0 Å². The van der Waals surface area contributed by atoms with Crippen LogP contribution >= 0.6 is 11.3 Å². The fourth-order valence-electron chi connectivity index (χ4n) is 2.57. The topological polar surface area (TPSA) is 76.1 Å². The highest BCUT2D eigenvalue weighted by Crippen LogP contribution is 2.34. The zero-order valence-corrected chi connectivity index (χ0v) is 15.4. The number of ether oxygens (including phenoxy) is 1. The maximum Gasteiger partial charge on any atom is 0.350 e. The average Bonchev–Trinajstić information content (AvgIpc) is 3.17. The summed E-state index contributed by atoms with van der Waals surface area (Å²) in [5, 5.41) is 11.0. The van der Waals surface area contributed by atoms with E-state index in [1.54, 1.807) is 19.9 Å². The van der Waals surface area contributed by atoms with E-state index in [4.69, 9.17) is 9.15 Å². The normalized spacial score (nSPS) is 11.0. The lowest BCUT2D eigenvalue weighted by molar-refractivity contribution is 0.0531. The molecule has 0 fully saturated rings. The van der Waals surface area contributed by atoms with E-state index in [0.29, 0.717) is 33.3 Å². The second kappa shape index (κ2) is 6.69. The highest BCUT2D eigenvalue weighted by Gasteiger charge is 2.19. The van der Waals surface area contributed by atoms with Crippen LogP contribution in [0, 0.1) is 18.3 Å². The number of fused-ring (bicyclic) bond motifs is 1. The van der Waals surface area contributed by atoms with Crippen LogP contribution in [-0.4, -0.2) is 17.6 Å². The number of benzene rings is 1. The molecule has 0 aliphatic heterocycles. The van der Waals surface area contributed by atoms with Gasteiger partial charge in [0, 0.05) is 16.9 Å². The smallest absolute Gasteiger partial charge is 0.350 e. The van der Waals surface area contributed by atoms with Crippen LogP contribution < -0.4 is 0 Å². The molecule has 0 N–H and O–H groups in total. The van der Waals surface area contributed by atoms with Crippen molar-refractivity contribution in [3.63, 3.8) is 0 Å². The predicted octanol–water partition coefficient (Wildman–Crippen LogP) is 5.04. The first-order valence-electron chi connectivity index (χ1n) is 8.07. The van der Waals surface area contributed by atoms with Gasteiger partial charge in [0.2, 0.25) is 0 Å². The zero-order valence-electron chi connectivity index (χ0n) is 14.5. The fourth-order valence-corrected chi connectivity index (χ4v) is 3.52. The monoisotopic (exact) mass is 354 g/mol. The van der Waals surface area contributed by atoms with E-state index in [2.05, 4.69) is 11.1 Å². The highest BCUT2D eigenvalue weighted by molar-refractivity contribution is 7.17. The summed E-state index contributed by atoms with van der Waals surface area (Å²) in [7, 11) is 0. The average molecular weight is 354 g/mol. The number of furan rings is 1. The molecule has 0 saturated heterocycles. The Morgan fingerprint density at radius 3 is 2.80 bits per heavy atom. The van der Waals surface area contributed by atoms with Gasteiger partial charge in [-0.25, -0.2) is 9.78 Å². The van der Waals surface area contributed by atoms with E-state index >= 15 is 0 Å². The molecule has 0 aliphatic carbocycles. The Labute approximate surface area is 149 Å². The largest absolute Gasteiger partial charge is 0.462 e. The lowest BCUT2D eigenvalue weighted by Gasteiger charge is -1.99. The minimum Gasteiger partial charge on any atom is -0.462 e. The summed E-state index contributed by atoms with van der Waals surface area (Å²) in [6, 6.07) is 7.84. The molecule has 0 unspecified atom stereocenters. The Morgan fingerprint density at radius 1 is 1.40 bits per heavy atom. The van der Waals surface area contributed by atoms with Gasteiger partial charge in [-0.1, -0.05) is 13.8 Å². The van der Waals surface area contributed by atoms with Crippen molar-refractivity contribution < 1.29 is 13.9 Å². The maximum absolute atomic E-state index is 12.0. The van der Waals surface area contributed by atoms with Crippen molar-refractivity contribution in [1.29, 1.82) is 5.26 Å². The fraction of sp³-hybridized carbons (Fsp3) is 0.316. The van der Waals surface area contributed by atoms with Crippen molar-refractivity contribution in [2.45, 2.75) is 33.6 Å². The van der Waals surface area contributed by atoms with Crippen LogP contribution in [0.4, 0.5) is 0 Å². The molecule has 2 aromatic heterocycles. The molecule has 2 heterocycles. The number of hydrogen-bond donors (Lipinski definition) is 0. The van der Waals surface area contributed by atoms with Crippen LogP contribution in [0.3, 0.4) is 0 Å². The number of aryl methyl sites for hydroxylation is 1. The van der Waals surface area contributed by atoms with Gasteiger partial charge >= 0.3 is 5.97 Å². The summed E-state index contributed by atoms with van der Waals surface area (Å²) in [6.07, 6.45) is 0. The van der Waals surface area contributed by atoms with Crippen molar-refractivity contribution >= 4 is 28.3 Å². The van der Waals surface area contributed by atoms with E-state index in [0.717, 1.165) is 16.7 Å². The molecule has 0 bridgehead atoms. The van der Waals surface area contributed by atoms with E-state index in [-0.39, 0.29) is 11.9 Å². The molecule has 0 spiro atoms. The molecule has 0 radical (unpaired) electrons. The standard InChI is InChI=1S/C19H18N2O3S/c1-5-23-19(22)17-11(4)21-18(25-17)13-6-12-8-15(10(2)3)24-16(12)14(7-13)9-20/h6-8,10H,5H2,1-4H3. The van der Waals surface area contributed by atoms with Gasteiger partial charge in [0.05, 0.1) is 17.9 Å². The van der Waals surface area contributed by atoms with Gasteiger partial charge in [0.1, 0.15) is 21.7 Å². The van der Waals surface area contributed by atoms with E-state index in [1.807, 2.05) is 26.0 Å². The van der Waals surface area contributed by atoms with Gasteiger partial charge in [-0.2, -0.15) is 5.26 Å². The predicted molar refractivity (Wildman–Crippen MR) is 96.8 cm³/mol. The molecule has 0 aliphatic rings. The van der Waals surface area contributed by atoms with Crippen LogP contribution in [0.1, 0.15) is 53.4 Å². The molecule has 3 rings (SSSR count). The quantitative estimate of drug-likeness (QED) is 0.614. The summed E-state index contributed by atoms with van der Waals surface area (Å²) >= 11 is 1.28. The van der Waals surface area contributed by atoms with E-state index in [9.17, 15) is 10.1 Å². The molecular weight excluding hydrogens is 336 g/mol. The first kappa shape index (κ1) is 17.2. The third-order valence-electron chi connectivity index (χ3n) is 3.83. The number of thiazole rings is 1. The summed E-state index contributed by atoms with van der Waals surface area (Å²) in [5.41, 5.74) is 2.48. The van der Waals surface area contributed by atoms with Crippen LogP contribution in [0.25, 0.3) is 21.5 Å². The third-order valence-corrected chi connectivity index (χ3v) is 5.02. The molecule has 0 saturated carbocycles. The first-order chi connectivity index (χ1) is 11.9. The summed E-state index contributed by atoms with van der Waals surface area (Å²) < 4.78 is 10.9. The SMILES string of the molecule is CCOC(=O)c1sc(-c2cc(C#N)c3oc(C(C)C)cc3c2)nc1C. The molecule has 0 atom stereocenters. The molecule has 6 heteroatoms. The second-order valence-electron chi connectivity index (χ2n) is 6.01. The summed E-state index contributed by atoms with van der Waals surface area (Å²) in [6.45, 7) is 7.96. The van der Waals surface area contributed by atoms with Gasteiger partial charge in [0.15, 0.2) is 5.58 Å². The van der Waals surface area contributed by atoms with Crippen molar-refractivity contribution in [3.8, 4) is 16.6 Å². The van der Waals surface area contributed by atoms with Gasteiger partial charge < -0.3 is 9.15 Å². The Hall–Kier alpha value is -2.65. The molecule has 25 heavy (non-hydrogen) atoms. The Balaban J connectivity index is 2.12. The highest BCUT2D eigenvalue weighted by atomic mass is 32.1. The van der Waals surface area contributed by atoms with Crippen LogP contribution in [0.5, 0.6) is 0 Å². The van der Waals surface area contributed by atoms with Crippen molar-refractivity contribution in [3.05, 3.63) is 40.1 Å². The van der Waals surface area contributed by atoms with Gasteiger partial charge in [0.25, 0.3) is 0 Å². The lowest BCUT2D eigenvalue weighted by atomic mass is 10.1. The van der Waals surface area contributed by atoms with Crippen LogP contribution in [0.15, 0.2) is 22.6 Å². The number of nitrogens with zero attached hydrogens (tertiary/aromatic N) is 2. The van der Waals surface area contributed by atoms with Crippen LogP contribution in [-0.2, 0) is 4.74 Å². The van der Waals surface area contributed by atoms with Gasteiger partial charge in [-0.05, 0) is 32.0 Å². The van der Waals surface area contributed by atoms with Gasteiger partial charge in [-0.3, -0.25) is 0 Å². The third kappa shape index (κ3) is 3.15. The van der Waals surface area contributed by atoms with Crippen molar-refractivity contribution in [1.82, 2.24) is 4.98 Å². The number of hydrogen-bond acceptors (Lipinski definition) is 6. The van der Waals surface area contributed by atoms with Crippen molar-refractivity contribution in [2.24, 2.45) is 0 Å². The molecule has 0 amide bonds. The minimum absolute atomic E-state index is 0.236. The Morgan fingerprint density at radius 2 is 2.16 bits per heavy atom. The summed E-state index contributed by atoms with van der Waals surface area (Å²) in [5.74, 6) is 0.710. The lowest BCUT2D eigenvalue weighted by Crippen LogP contribution is -2.03. The minimum atomic E-state index is -0.365. The Kier molecular flexibility index (Phi) is 4.60. The first-order valence-corrected chi connectivity index (χ1v) is 8.88. The van der Waals surface area contributed by atoms with Gasteiger partial charge in [-0.15, -0.1) is 11.3 Å². The number of carbonyl (C=O) groups excluding carboxylic acids is 1. The number of esters is 1. The van der Waals surface area contributed by atoms with E-state index < -0.39 is 0 Å². The number of aromatic nitrogens is 1. The summed E-state index contributed by atoms with van der Waals surface area (Å²) in [4.78, 5) is 17.0. The van der Waals surface area contributed by atoms with Crippen molar-refractivity contribution in [2.75, 3.05) is 6.61 Å². The zero-order chi connectivity index (χ0) is 18.1. The second-order valence-corrected chi connectivity index (χ2v) is 7.01. The number of nitriles is 1. The van der Waals surface area contributed by atoms with E-state index in [1.165, 1.54) is 11.3 Å². The number of carbonyl (C=O) groups is 1. The molecule has 3 aromatic rings. The molecule has 128 valence electrons. The molecule has 1 aromatic carbocycles. The number of rotatable bonds is 4. The molecular formula is C19H18N2O3S. The maximum atomic E-state index is 12.0. The molecule has 5 nitrogen and oxygen atoms in total. The Bertz CT molecular complexity index is 992.